The third-order valence-electron chi connectivity index (χ3n) is 2.36. The van der Waals surface area contributed by atoms with E-state index >= 15 is 0 Å². The molecule has 5 nitrogen and oxygen atoms in total. The van der Waals surface area contributed by atoms with Crippen molar-refractivity contribution in [3.8, 4) is 0 Å². The Balaban J connectivity index is 2.65. The molecule has 1 rings (SSSR count). The maximum Gasteiger partial charge on any atom is 0.185 e. The highest BCUT2D eigenvalue weighted by Crippen LogP contribution is 2.21. The second-order valence-corrected chi connectivity index (χ2v) is 5.01. The summed E-state index contributed by atoms with van der Waals surface area (Å²) in [5.41, 5.74) is 0.413. The average Bonchev–Trinajstić information content (AvgIpc) is 2.37. The van der Waals surface area contributed by atoms with Crippen LogP contribution in [0.15, 0.2) is 18.3 Å². The van der Waals surface area contributed by atoms with Crippen molar-refractivity contribution in [2.75, 3.05) is 5.75 Å². The number of hydrogen-bond donors (Lipinski definition) is 2. The molecule has 1 aromatic heterocycles. The third kappa shape index (κ3) is 4.21. The average molecular weight is 269 g/mol. The molecule has 1 heterocycles. The highest BCUT2D eigenvalue weighted by molar-refractivity contribution is 8.13. The van der Waals surface area contributed by atoms with Crippen LogP contribution in [0.5, 0.6) is 0 Å². The van der Waals surface area contributed by atoms with Crippen LogP contribution in [-0.2, 0) is 4.79 Å². The van der Waals surface area contributed by atoms with Gasteiger partial charge in [0.25, 0.3) is 0 Å². The van der Waals surface area contributed by atoms with E-state index in [2.05, 4.69) is 4.98 Å². The van der Waals surface area contributed by atoms with E-state index in [1.165, 1.54) is 19.2 Å². The number of thioether (sulfide) groups is 1. The van der Waals surface area contributed by atoms with Crippen molar-refractivity contribution >= 4 is 23.2 Å². The monoisotopic (exact) mass is 269 g/mol. The Bertz CT molecular complexity index is 424. The van der Waals surface area contributed by atoms with Crippen LogP contribution in [0.4, 0.5) is 0 Å². The van der Waals surface area contributed by atoms with Gasteiger partial charge in [0.2, 0.25) is 0 Å². The minimum atomic E-state index is -1.22. The standard InChI is InChI=1S/C12H15NO4S/c1-8(15)18-6-4-10(16)12(17)11-9(7-14)3-2-5-13-11/h2-3,5,7,10,12,16-17H,4,6H2,1H3. The molecular formula is C12H15NO4S. The van der Waals surface area contributed by atoms with Crippen molar-refractivity contribution in [2.24, 2.45) is 0 Å². The topological polar surface area (TPSA) is 87.5 Å². The third-order valence-corrected chi connectivity index (χ3v) is 3.21. The minimum Gasteiger partial charge on any atom is -0.390 e. The summed E-state index contributed by atoms with van der Waals surface area (Å²) >= 11 is 1.08. The number of pyridine rings is 1. The predicted molar refractivity (Wildman–Crippen MR) is 68.3 cm³/mol. The number of nitrogens with zero attached hydrogens (tertiary/aromatic N) is 1. The summed E-state index contributed by atoms with van der Waals surface area (Å²) in [7, 11) is 0. The summed E-state index contributed by atoms with van der Waals surface area (Å²) in [6, 6.07) is 3.10. The second kappa shape index (κ2) is 7.25. The molecule has 1 aromatic rings. The van der Waals surface area contributed by atoms with Crippen molar-refractivity contribution in [3.05, 3.63) is 29.6 Å². The predicted octanol–water partition coefficient (Wildman–Crippen LogP) is 0.958. The number of aldehydes is 1. The van der Waals surface area contributed by atoms with Gasteiger partial charge in [-0.15, -0.1) is 0 Å². The Morgan fingerprint density at radius 2 is 2.28 bits per heavy atom. The number of rotatable bonds is 6. The van der Waals surface area contributed by atoms with E-state index in [1.54, 1.807) is 6.07 Å². The lowest BCUT2D eigenvalue weighted by molar-refractivity contribution is -0.109. The van der Waals surface area contributed by atoms with Gasteiger partial charge in [-0.3, -0.25) is 14.6 Å². The Hall–Kier alpha value is -1.24. The zero-order valence-electron chi connectivity index (χ0n) is 9.94. The van der Waals surface area contributed by atoms with Crippen LogP contribution in [-0.4, -0.2) is 38.5 Å². The smallest absolute Gasteiger partial charge is 0.185 e. The van der Waals surface area contributed by atoms with Crippen molar-refractivity contribution in [3.63, 3.8) is 0 Å². The molecule has 0 bridgehead atoms. The Labute approximate surface area is 109 Å². The first kappa shape index (κ1) is 14.8. The van der Waals surface area contributed by atoms with Crippen LogP contribution < -0.4 is 0 Å². The molecule has 0 aromatic carbocycles. The fraction of sp³-hybridized carbons (Fsp3) is 0.417. The van der Waals surface area contributed by atoms with Gasteiger partial charge in [0, 0.05) is 24.4 Å². The molecule has 0 radical (unpaired) electrons. The highest BCUT2D eigenvalue weighted by atomic mass is 32.2. The molecule has 0 aliphatic carbocycles. The van der Waals surface area contributed by atoms with E-state index < -0.39 is 12.2 Å². The van der Waals surface area contributed by atoms with Crippen molar-refractivity contribution in [2.45, 2.75) is 25.6 Å². The van der Waals surface area contributed by atoms with E-state index in [1.807, 2.05) is 0 Å². The van der Waals surface area contributed by atoms with E-state index in [4.69, 9.17) is 0 Å². The van der Waals surface area contributed by atoms with E-state index in [9.17, 15) is 19.8 Å². The van der Waals surface area contributed by atoms with Gasteiger partial charge in [0.15, 0.2) is 11.4 Å². The molecule has 0 spiro atoms. The van der Waals surface area contributed by atoms with Crippen molar-refractivity contribution in [1.29, 1.82) is 0 Å². The molecular weight excluding hydrogens is 254 g/mol. The summed E-state index contributed by atoms with van der Waals surface area (Å²) in [6.07, 6.45) is 0.00951. The lowest BCUT2D eigenvalue weighted by Gasteiger charge is -2.17. The summed E-state index contributed by atoms with van der Waals surface area (Å²) in [5.74, 6) is 0.414. The molecule has 0 saturated heterocycles. The van der Waals surface area contributed by atoms with Crippen LogP contribution in [0, 0.1) is 0 Å². The maximum absolute atomic E-state index is 10.8. The van der Waals surface area contributed by atoms with Crippen LogP contribution in [0.1, 0.15) is 35.5 Å². The molecule has 2 atom stereocenters. The van der Waals surface area contributed by atoms with Gasteiger partial charge >= 0.3 is 0 Å². The molecule has 98 valence electrons. The number of aromatic nitrogens is 1. The van der Waals surface area contributed by atoms with Gasteiger partial charge < -0.3 is 10.2 Å². The molecule has 2 unspecified atom stereocenters. The van der Waals surface area contributed by atoms with Crippen molar-refractivity contribution < 1.29 is 19.8 Å². The summed E-state index contributed by atoms with van der Waals surface area (Å²) < 4.78 is 0. The number of hydrogen-bond acceptors (Lipinski definition) is 6. The second-order valence-electron chi connectivity index (χ2n) is 3.74. The molecule has 2 N–H and O–H groups in total. The SMILES string of the molecule is CC(=O)SCCC(O)C(O)c1ncccc1C=O. The Kier molecular flexibility index (Phi) is 5.97. The van der Waals surface area contributed by atoms with E-state index in [0.717, 1.165) is 11.8 Å². The van der Waals surface area contributed by atoms with Gasteiger partial charge in [0.05, 0.1) is 11.8 Å². The summed E-state index contributed by atoms with van der Waals surface area (Å²) in [6.45, 7) is 1.44. The minimum absolute atomic E-state index is 0.0388. The summed E-state index contributed by atoms with van der Waals surface area (Å²) in [5, 5.41) is 19.6. The van der Waals surface area contributed by atoms with Crippen LogP contribution in [0.25, 0.3) is 0 Å². The zero-order chi connectivity index (χ0) is 13.5. The first-order chi connectivity index (χ1) is 8.56. The number of carbonyl (C=O) groups is 2. The lowest BCUT2D eigenvalue weighted by Crippen LogP contribution is -2.21. The lowest BCUT2D eigenvalue weighted by atomic mass is 10.0. The summed E-state index contributed by atoms with van der Waals surface area (Å²) in [4.78, 5) is 25.4. The zero-order valence-corrected chi connectivity index (χ0v) is 10.8. The molecule has 0 aliphatic heterocycles. The Morgan fingerprint density at radius 1 is 1.56 bits per heavy atom. The first-order valence-corrected chi connectivity index (χ1v) is 6.44. The van der Waals surface area contributed by atoms with Crippen LogP contribution in [0.3, 0.4) is 0 Å². The van der Waals surface area contributed by atoms with Gasteiger partial charge in [-0.1, -0.05) is 11.8 Å². The van der Waals surface area contributed by atoms with E-state index in [0.29, 0.717) is 12.0 Å². The van der Waals surface area contributed by atoms with Gasteiger partial charge in [-0.05, 0) is 18.6 Å². The van der Waals surface area contributed by atoms with Gasteiger partial charge in [0.1, 0.15) is 6.10 Å². The highest BCUT2D eigenvalue weighted by Gasteiger charge is 2.22. The van der Waals surface area contributed by atoms with Gasteiger partial charge in [-0.25, -0.2) is 0 Å². The van der Waals surface area contributed by atoms with Gasteiger partial charge in [-0.2, -0.15) is 0 Å². The number of aliphatic hydroxyl groups is 2. The van der Waals surface area contributed by atoms with Crippen molar-refractivity contribution in [1.82, 2.24) is 4.98 Å². The fourth-order valence-corrected chi connectivity index (χ4v) is 2.09. The molecule has 0 fully saturated rings. The van der Waals surface area contributed by atoms with Crippen LogP contribution in [0.2, 0.25) is 0 Å². The first-order valence-electron chi connectivity index (χ1n) is 5.46. The largest absolute Gasteiger partial charge is 0.390 e. The molecule has 0 saturated carbocycles. The molecule has 0 amide bonds. The quantitative estimate of drug-likeness (QED) is 0.748. The van der Waals surface area contributed by atoms with Crippen LogP contribution >= 0.6 is 11.8 Å². The number of aliphatic hydroxyl groups excluding tert-OH is 2. The fourth-order valence-electron chi connectivity index (χ4n) is 1.44. The molecule has 6 heteroatoms. The van der Waals surface area contributed by atoms with E-state index in [-0.39, 0.29) is 22.8 Å². The molecule has 18 heavy (non-hydrogen) atoms. The Morgan fingerprint density at radius 3 is 2.89 bits per heavy atom. The normalized spacial score (nSPS) is 13.9. The molecule has 0 aliphatic rings. The maximum atomic E-state index is 10.8. The number of carbonyl (C=O) groups excluding carboxylic acids is 2.